The molecule has 34 heavy (non-hydrogen) atoms. The molecule has 2 aromatic heterocycles. The quantitative estimate of drug-likeness (QED) is 0.546. The Hall–Kier alpha value is -3.26. The van der Waals surface area contributed by atoms with Crippen LogP contribution in [0.1, 0.15) is 61.6 Å². The summed E-state index contributed by atoms with van der Waals surface area (Å²) < 4.78 is 5.78. The van der Waals surface area contributed by atoms with Gasteiger partial charge in [0.15, 0.2) is 0 Å². The fourth-order valence-electron chi connectivity index (χ4n) is 5.09. The zero-order valence-electron chi connectivity index (χ0n) is 19.3. The molecule has 2 amide bonds. The summed E-state index contributed by atoms with van der Waals surface area (Å²) in [6.45, 7) is 3.95. The number of aromatic nitrogens is 2. The van der Waals surface area contributed by atoms with Crippen LogP contribution in [0.25, 0.3) is 10.6 Å². The van der Waals surface area contributed by atoms with Gasteiger partial charge in [-0.1, -0.05) is 30.3 Å². The van der Waals surface area contributed by atoms with E-state index in [0.717, 1.165) is 41.8 Å². The van der Waals surface area contributed by atoms with Crippen LogP contribution in [-0.2, 0) is 4.74 Å². The zero-order valence-corrected chi connectivity index (χ0v) is 20.1. The van der Waals surface area contributed by atoms with E-state index in [-0.39, 0.29) is 30.1 Å². The molecule has 2 aliphatic rings. The molecule has 0 unspecified atom stereocenters. The van der Waals surface area contributed by atoms with E-state index in [2.05, 4.69) is 27.4 Å². The lowest BCUT2D eigenvalue weighted by atomic mass is 9.86. The van der Waals surface area contributed by atoms with E-state index in [1.165, 1.54) is 11.3 Å². The third-order valence-electron chi connectivity index (χ3n) is 6.68. The van der Waals surface area contributed by atoms with Crippen LogP contribution >= 0.6 is 11.3 Å². The Balaban J connectivity index is 1.22. The maximum atomic E-state index is 12.9. The van der Waals surface area contributed by atoms with Gasteiger partial charge in [-0.15, -0.1) is 11.3 Å². The van der Waals surface area contributed by atoms with Crippen LogP contribution in [0.15, 0.2) is 60.2 Å². The number of hydrogen-bond donors (Lipinski definition) is 1. The molecule has 2 fully saturated rings. The number of nitrogens with zero attached hydrogens (tertiary/aromatic N) is 3. The van der Waals surface area contributed by atoms with Crippen molar-refractivity contribution in [1.29, 1.82) is 0 Å². The minimum atomic E-state index is -0.597. The summed E-state index contributed by atoms with van der Waals surface area (Å²) in [7, 11) is 0. The molecular formula is C26H28N4O3S. The smallest absolute Gasteiger partial charge is 0.411 e. The number of carbonyl (C=O) groups excluding carboxylic acids is 2. The average Bonchev–Trinajstić information content (AvgIpc) is 3.43. The van der Waals surface area contributed by atoms with Crippen molar-refractivity contribution in [2.45, 2.75) is 63.3 Å². The maximum absolute atomic E-state index is 12.9. The number of amides is 2. The van der Waals surface area contributed by atoms with Crippen molar-refractivity contribution in [3.63, 3.8) is 0 Å². The summed E-state index contributed by atoms with van der Waals surface area (Å²) in [4.78, 5) is 36.2. The SMILES string of the molecule is CC1(C)OC(=O)N([C@H]2CC[C@H](NC(=O)c3csc(-c4cccnc4)n3)CC2)[C@H]1c1ccccc1. The minimum Gasteiger partial charge on any atom is -0.441 e. The van der Waals surface area contributed by atoms with Gasteiger partial charge < -0.3 is 10.1 Å². The van der Waals surface area contributed by atoms with Gasteiger partial charge >= 0.3 is 6.09 Å². The van der Waals surface area contributed by atoms with Crippen molar-refractivity contribution < 1.29 is 14.3 Å². The van der Waals surface area contributed by atoms with Crippen LogP contribution in [0.4, 0.5) is 4.79 Å². The van der Waals surface area contributed by atoms with Gasteiger partial charge in [0.05, 0.1) is 6.04 Å². The average molecular weight is 477 g/mol. The van der Waals surface area contributed by atoms with E-state index in [1.54, 1.807) is 17.8 Å². The Bertz CT molecular complexity index is 1160. The first-order valence-corrected chi connectivity index (χ1v) is 12.5. The molecule has 176 valence electrons. The number of benzene rings is 1. The molecule has 1 saturated carbocycles. The van der Waals surface area contributed by atoms with E-state index in [0.29, 0.717) is 5.69 Å². The monoisotopic (exact) mass is 476 g/mol. The van der Waals surface area contributed by atoms with Crippen molar-refractivity contribution >= 4 is 23.3 Å². The molecule has 1 atom stereocenters. The highest BCUT2D eigenvalue weighted by molar-refractivity contribution is 7.13. The fourth-order valence-corrected chi connectivity index (χ4v) is 5.88. The Morgan fingerprint density at radius 1 is 1.12 bits per heavy atom. The van der Waals surface area contributed by atoms with Crippen LogP contribution in [0.5, 0.6) is 0 Å². The van der Waals surface area contributed by atoms with Crippen molar-refractivity contribution in [2.75, 3.05) is 0 Å². The fraction of sp³-hybridized carbons (Fsp3) is 0.385. The Morgan fingerprint density at radius 3 is 2.59 bits per heavy atom. The number of nitrogens with one attached hydrogen (secondary N) is 1. The third kappa shape index (κ3) is 4.42. The summed E-state index contributed by atoms with van der Waals surface area (Å²) in [6.07, 6.45) is 6.45. The highest BCUT2D eigenvalue weighted by atomic mass is 32.1. The molecule has 0 spiro atoms. The van der Waals surface area contributed by atoms with E-state index >= 15 is 0 Å². The maximum Gasteiger partial charge on any atom is 0.411 e. The third-order valence-corrected chi connectivity index (χ3v) is 7.58. The molecule has 3 heterocycles. The van der Waals surface area contributed by atoms with Gasteiger partial charge in [0, 0.05) is 35.4 Å². The highest BCUT2D eigenvalue weighted by Crippen LogP contribution is 2.44. The molecule has 1 aromatic carbocycles. The molecule has 8 heteroatoms. The van der Waals surface area contributed by atoms with Gasteiger partial charge in [-0.25, -0.2) is 9.78 Å². The van der Waals surface area contributed by atoms with Gasteiger partial charge in [0.1, 0.15) is 16.3 Å². The molecule has 1 saturated heterocycles. The Labute approximate surface area is 203 Å². The number of hydrogen-bond acceptors (Lipinski definition) is 6. The molecule has 5 rings (SSSR count). The van der Waals surface area contributed by atoms with Crippen LogP contribution in [0.3, 0.4) is 0 Å². The first kappa shape index (κ1) is 22.5. The first-order valence-electron chi connectivity index (χ1n) is 11.7. The summed E-state index contributed by atoms with van der Waals surface area (Å²) in [5, 5.41) is 5.71. The second kappa shape index (κ2) is 9.18. The van der Waals surface area contributed by atoms with E-state index in [9.17, 15) is 9.59 Å². The molecule has 3 aromatic rings. The van der Waals surface area contributed by atoms with Crippen LogP contribution in [0.2, 0.25) is 0 Å². The number of pyridine rings is 1. The molecule has 1 aliphatic carbocycles. The molecule has 0 radical (unpaired) electrons. The summed E-state index contributed by atoms with van der Waals surface area (Å²) >= 11 is 1.44. The van der Waals surface area contributed by atoms with E-state index < -0.39 is 5.60 Å². The lowest BCUT2D eigenvalue weighted by Gasteiger charge is -2.38. The van der Waals surface area contributed by atoms with Gasteiger partial charge in [-0.05, 0) is 57.2 Å². The molecule has 0 bridgehead atoms. The number of cyclic esters (lactones) is 1. The minimum absolute atomic E-state index is 0.0640. The van der Waals surface area contributed by atoms with Crippen LogP contribution < -0.4 is 5.32 Å². The van der Waals surface area contributed by atoms with Crippen LogP contribution in [0, 0.1) is 0 Å². The predicted molar refractivity (Wildman–Crippen MR) is 130 cm³/mol. The van der Waals surface area contributed by atoms with Gasteiger partial charge in [-0.3, -0.25) is 14.7 Å². The molecule has 1 aliphatic heterocycles. The lowest BCUT2D eigenvalue weighted by molar-refractivity contribution is 0.0663. The first-order chi connectivity index (χ1) is 16.4. The number of ether oxygens (including phenoxy) is 1. The lowest BCUT2D eigenvalue weighted by Crippen LogP contribution is -2.46. The second-order valence-corrected chi connectivity index (χ2v) is 10.3. The largest absolute Gasteiger partial charge is 0.441 e. The number of carbonyl (C=O) groups is 2. The summed E-state index contributed by atoms with van der Waals surface area (Å²) in [5.41, 5.74) is 1.82. The predicted octanol–water partition coefficient (Wildman–Crippen LogP) is 5.22. The number of thiazole rings is 1. The van der Waals surface area contributed by atoms with Crippen LogP contribution in [-0.4, -0.2) is 44.6 Å². The van der Waals surface area contributed by atoms with E-state index in [1.807, 2.05) is 49.1 Å². The standard InChI is InChI=1S/C26H28N4O3S/c1-26(2)22(17-7-4-3-5-8-17)30(25(32)33-26)20-12-10-19(11-13-20)28-23(31)21-16-34-24(29-21)18-9-6-14-27-15-18/h3-9,14-16,19-20,22H,10-13H2,1-2H3,(H,28,31)/t19-,20-,22-/m0/s1. The molecular weight excluding hydrogens is 448 g/mol. The molecule has 7 nitrogen and oxygen atoms in total. The number of rotatable bonds is 5. The second-order valence-electron chi connectivity index (χ2n) is 9.45. The van der Waals surface area contributed by atoms with Crippen molar-refractivity contribution in [3.8, 4) is 10.6 Å². The summed E-state index contributed by atoms with van der Waals surface area (Å²) in [6, 6.07) is 13.9. The van der Waals surface area contributed by atoms with Gasteiger partial charge in [0.2, 0.25) is 0 Å². The van der Waals surface area contributed by atoms with Gasteiger partial charge in [0.25, 0.3) is 5.91 Å². The normalized spacial score (nSPS) is 24.0. The highest BCUT2D eigenvalue weighted by Gasteiger charge is 2.51. The van der Waals surface area contributed by atoms with Crippen molar-refractivity contribution in [1.82, 2.24) is 20.2 Å². The van der Waals surface area contributed by atoms with Crippen molar-refractivity contribution in [2.24, 2.45) is 0 Å². The van der Waals surface area contributed by atoms with E-state index in [4.69, 9.17) is 4.74 Å². The summed E-state index contributed by atoms with van der Waals surface area (Å²) in [5.74, 6) is -0.154. The Morgan fingerprint density at radius 2 is 1.88 bits per heavy atom. The van der Waals surface area contributed by atoms with Gasteiger partial charge in [-0.2, -0.15) is 0 Å². The molecule has 1 N–H and O–H groups in total. The zero-order chi connectivity index (χ0) is 23.7. The van der Waals surface area contributed by atoms with Crippen molar-refractivity contribution in [3.05, 3.63) is 71.5 Å². The Kier molecular flexibility index (Phi) is 6.08. The topological polar surface area (TPSA) is 84.4 Å².